The lowest BCUT2D eigenvalue weighted by Gasteiger charge is -2.00. The van der Waals surface area contributed by atoms with Crippen molar-refractivity contribution in [3.63, 3.8) is 0 Å². The summed E-state index contributed by atoms with van der Waals surface area (Å²) < 4.78 is 0. The van der Waals surface area contributed by atoms with Crippen molar-refractivity contribution in [1.82, 2.24) is 0 Å². The van der Waals surface area contributed by atoms with E-state index in [1.54, 1.807) is 6.21 Å². The third-order valence-electron chi connectivity index (χ3n) is 1.33. The summed E-state index contributed by atoms with van der Waals surface area (Å²) in [4.78, 5) is 0. The minimum Gasteiger partial charge on any atom is -0.411 e. The van der Waals surface area contributed by atoms with Gasteiger partial charge in [-0.3, -0.25) is 0 Å². The van der Waals surface area contributed by atoms with Gasteiger partial charge in [0.1, 0.15) is 0 Å². The predicted octanol–water partition coefficient (Wildman–Crippen LogP) is 1.88. The van der Waals surface area contributed by atoms with Gasteiger partial charge in [-0.05, 0) is 18.8 Å². The molecule has 0 rings (SSSR count). The van der Waals surface area contributed by atoms with E-state index >= 15 is 0 Å². The number of nitrogens with zero attached hydrogens (tertiary/aromatic N) is 1. The Balaban J connectivity index is 3.36. The second-order valence-corrected chi connectivity index (χ2v) is 1.84. The molecular weight excluding hydrogens is 102 g/mol. The van der Waals surface area contributed by atoms with E-state index in [2.05, 4.69) is 19.0 Å². The van der Waals surface area contributed by atoms with Crippen LogP contribution >= 0.6 is 0 Å². The third-order valence-corrected chi connectivity index (χ3v) is 1.33. The molecule has 0 aromatic rings. The zero-order valence-corrected chi connectivity index (χ0v) is 5.46. The monoisotopic (exact) mass is 115 g/mol. The van der Waals surface area contributed by atoms with Crippen LogP contribution in [0.3, 0.4) is 0 Å². The topological polar surface area (TPSA) is 32.6 Å². The van der Waals surface area contributed by atoms with Crippen molar-refractivity contribution in [2.45, 2.75) is 26.7 Å². The summed E-state index contributed by atoms with van der Waals surface area (Å²) in [6.45, 7) is 4.16. The zero-order chi connectivity index (χ0) is 6.41. The smallest absolute Gasteiger partial charge is 0.0466 e. The largest absolute Gasteiger partial charge is 0.411 e. The molecule has 0 heterocycles. The molecule has 0 atom stereocenters. The first-order valence-electron chi connectivity index (χ1n) is 3.02. The van der Waals surface area contributed by atoms with Crippen LogP contribution in [0.2, 0.25) is 0 Å². The first-order valence-corrected chi connectivity index (χ1v) is 3.02. The highest BCUT2D eigenvalue weighted by Gasteiger charge is 1.96. The second-order valence-electron chi connectivity index (χ2n) is 1.84. The molecule has 0 fully saturated rings. The minimum absolute atomic E-state index is 0.458. The summed E-state index contributed by atoms with van der Waals surface area (Å²) in [6.07, 6.45) is 3.70. The molecule has 8 heavy (non-hydrogen) atoms. The van der Waals surface area contributed by atoms with Gasteiger partial charge < -0.3 is 5.21 Å². The molecule has 2 nitrogen and oxygen atoms in total. The Morgan fingerprint density at radius 2 is 2.00 bits per heavy atom. The summed E-state index contributed by atoms with van der Waals surface area (Å²) in [7, 11) is 0. The van der Waals surface area contributed by atoms with Crippen molar-refractivity contribution >= 4 is 6.21 Å². The summed E-state index contributed by atoms with van der Waals surface area (Å²) in [5, 5.41) is 11.0. The van der Waals surface area contributed by atoms with Crippen LogP contribution in [0.4, 0.5) is 0 Å². The lowest BCUT2D eigenvalue weighted by molar-refractivity contribution is 0.317. The Kier molecular flexibility index (Phi) is 4.32. The van der Waals surface area contributed by atoms with Crippen LogP contribution < -0.4 is 0 Å². The first kappa shape index (κ1) is 7.47. The summed E-state index contributed by atoms with van der Waals surface area (Å²) in [5.41, 5.74) is 0. The Hall–Kier alpha value is -0.530. The number of rotatable bonds is 3. The van der Waals surface area contributed by atoms with E-state index in [1.165, 1.54) is 0 Å². The van der Waals surface area contributed by atoms with Crippen molar-refractivity contribution in [2.24, 2.45) is 11.1 Å². The molecule has 0 amide bonds. The van der Waals surface area contributed by atoms with Gasteiger partial charge in [0.05, 0.1) is 0 Å². The Bertz CT molecular complexity index is 66.9. The molecule has 0 aromatic heterocycles. The van der Waals surface area contributed by atoms with E-state index in [9.17, 15) is 0 Å². The highest BCUT2D eigenvalue weighted by atomic mass is 16.4. The maximum Gasteiger partial charge on any atom is 0.0466 e. The van der Waals surface area contributed by atoms with E-state index in [-0.39, 0.29) is 0 Å². The number of hydrogen-bond acceptors (Lipinski definition) is 2. The quantitative estimate of drug-likeness (QED) is 0.340. The van der Waals surface area contributed by atoms with E-state index in [4.69, 9.17) is 5.21 Å². The molecule has 0 saturated heterocycles. The van der Waals surface area contributed by atoms with Crippen molar-refractivity contribution in [3.8, 4) is 0 Å². The van der Waals surface area contributed by atoms with Crippen LogP contribution in [0.25, 0.3) is 0 Å². The molecule has 1 N–H and O–H groups in total. The van der Waals surface area contributed by atoms with Crippen LogP contribution in [0.1, 0.15) is 26.7 Å². The lowest BCUT2D eigenvalue weighted by Crippen LogP contribution is -1.96. The molecule has 0 spiro atoms. The summed E-state index contributed by atoms with van der Waals surface area (Å²) in [5.74, 6) is 0.458. The minimum atomic E-state index is 0.458. The maximum absolute atomic E-state index is 8.07. The van der Waals surface area contributed by atoms with Crippen molar-refractivity contribution < 1.29 is 5.21 Å². The van der Waals surface area contributed by atoms with Gasteiger partial charge in [0.15, 0.2) is 0 Å². The average Bonchev–Trinajstić information content (AvgIpc) is 1.83. The highest BCUT2D eigenvalue weighted by molar-refractivity contribution is 5.59. The van der Waals surface area contributed by atoms with Crippen molar-refractivity contribution in [3.05, 3.63) is 0 Å². The van der Waals surface area contributed by atoms with Crippen molar-refractivity contribution in [1.29, 1.82) is 0 Å². The predicted molar refractivity (Wildman–Crippen MR) is 34.4 cm³/mol. The van der Waals surface area contributed by atoms with Gasteiger partial charge in [0, 0.05) is 6.21 Å². The molecule has 0 unspecified atom stereocenters. The van der Waals surface area contributed by atoms with Crippen molar-refractivity contribution in [2.75, 3.05) is 0 Å². The SMILES string of the molecule is CCC(/C=N\O)CC. The van der Waals surface area contributed by atoms with Gasteiger partial charge in [-0.15, -0.1) is 5.16 Å². The van der Waals surface area contributed by atoms with Gasteiger partial charge in [0.2, 0.25) is 0 Å². The Morgan fingerprint density at radius 3 is 2.12 bits per heavy atom. The van der Waals surface area contributed by atoms with E-state index in [0.29, 0.717) is 5.92 Å². The van der Waals surface area contributed by atoms with Gasteiger partial charge >= 0.3 is 0 Å². The van der Waals surface area contributed by atoms with E-state index in [0.717, 1.165) is 12.8 Å². The third kappa shape index (κ3) is 2.61. The van der Waals surface area contributed by atoms with Crippen LogP contribution in [0.5, 0.6) is 0 Å². The second kappa shape index (κ2) is 4.62. The van der Waals surface area contributed by atoms with E-state index < -0.39 is 0 Å². The maximum atomic E-state index is 8.07. The fourth-order valence-electron chi connectivity index (χ4n) is 0.594. The molecule has 0 aliphatic heterocycles. The average molecular weight is 115 g/mol. The summed E-state index contributed by atoms with van der Waals surface area (Å²) in [6, 6.07) is 0. The summed E-state index contributed by atoms with van der Waals surface area (Å²) >= 11 is 0. The van der Waals surface area contributed by atoms with Crippen LogP contribution in [0.15, 0.2) is 5.16 Å². The van der Waals surface area contributed by atoms with Crippen LogP contribution in [-0.2, 0) is 0 Å². The van der Waals surface area contributed by atoms with Gasteiger partial charge in [-0.1, -0.05) is 13.8 Å². The van der Waals surface area contributed by atoms with Gasteiger partial charge in [0.25, 0.3) is 0 Å². The molecule has 0 aromatic carbocycles. The van der Waals surface area contributed by atoms with Crippen LogP contribution in [0, 0.1) is 5.92 Å². The first-order chi connectivity index (χ1) is 3.85. The molecular formula is C6H13NO. The molecule has 2 heteroatoms. The van der Waals surface area contributed by atoms with Gasteiger partial charge in [-0.2, -0.15) is 0 Å². The number of oxime groups is 1. The lowest BCUT2D eigenvalue weighted by atomic mass is 10.1. The molecule has 0 radical (unpaired) electrons. The fraction of sp³-hybridized carbons (Fsp3) is 0.833. The van der Waals surface area contributed by atoms with E-state index in [1.807, 2.05) is 0 Å². The normalized spacial score (nSPS) is 11.4. The standard InChI is InChI=1S/C6H13NO/c1-3-6(4-2)5-7-8/h5-6,8H,3-4H2,1-2H3/b7-5-. The highest BCUT2D eigenvalue weighted by Crippen LogP contribution is 2.02. The molecule has 0 bridgehead atoms. The molecule has 0 aliphatic carbocycles. The molecule has 0 aliphatic rings. The fourth-order valence-corrected chi connectivity index (χ4v) is 0.594. The number of hydrogen-bond donors (Lipinski definition) is 1. The van der Waals surface area contributed by atoms with Gasteiger partial charge in [-0.25, -0.2) is 0 Å². The zero-order valence-electron chi connectivity index (χ0n) is 5.46. The Labute approximate surface area is 50.2 Å². The van der Waals surface area contributed by atoms with Crippen LogP contribution in [-0.4, -0.2) is 11.4 Å². The Morgan fingerprint density at radius 1 is 1.50 bits per heavy atom. The molecule has 48 valence electrons. The molecule has 0 saturated carbocycles.